The van der Waals surface area contributed by atoms with E-state index in [1.54, 1.807) is 0 Å². The molecule has 2 aromatic rings. The molecule has 4 heteroatoms. The van der Waals surface area contributed by atoms with Crippen molar-refractivity contribution in [3.8, 4) is 0 Å². The molecule has 1 aliphatic rings. The van der Waals surface area contributed by atoms with E-state index in [1.807, 2.05) is 6.20 Å². The molecule has 1 aromatic heterocycles. The van der Waals surface area contributed by atoms with Gasteiger partial charge in [0.05, 0.1) is 0 Å². The first kappa shape index (κ1) is 23.1. The number of piperazine rings is 1. The largest absolute Gasteiger partial charge is 0.384 e. The van der Waals surface area contributed by atoms with E-state index >= 15 is 0 Å². The predicted molar refractivity (Wildman–Crippen MR) is 134 cm³/mol. The lowest BCUT2D eigenvalue weighted by Gasteiger charge is -2.33. The van der Waals surface area contributed by atoms with Crippen LogP contribution in [0.15, 0.2) is 54.7 Å². The summed E-state index contributed by atoms with van der Waals surface area (Å²) < 4.78 is 0. The third-order valence-corrected chi connectivity index (χ3v) is 6.10. The first-order valence-electron chi connectivity index (χ1n) is 11.7. The van der Waals surface area contributed by atoms with Crippen molar-refractivity contribution in [2.75, 3.05) is 44.7 Å². The first-order valence-corrected chi connectivity index (χ1v) is 11.7. The molecule has 0 radical (unpaired) electrons. The predicted octanol–water partition coefficient (Wildman–Crippen LogP) is 5.23. The highest BCUT2D eigenvalue weighted by Gasteiger charge is 2.15. The fourth-order valence-electron chi connectivity index (χ4n) is 4.17. The lowest BCUT2D eigenvalue weighted by molar-refractivity contribution is 0.312. The molecule has 0 amide bonds. The van der Waals surface area contributed by atoms with Gasteiger partial charge in [0, 0.05) is 50.2 Å². The Morgan fingerprint density at radius 3 is 2.48 bits per heavy atom. The summed E-state index contributed by atoms with van der Waals surface area (Å²) in [6.07, 6.45) is 9.60. The lowest BCUT2D eigenvalue weighted by atomic mass is 9.95. The zero-order valence-electron chi connectivity index (χ0n) is 19.7. The fraction of sp³-hybridized carbons (Fsp3) is 0.444. The van der Waals surface area contributed by atoms with Gasteiger partial charge in [-0.3, -0.25) is 0 Å². The highest BCUT2D eigenvalue weighted by atomic mass is 15.3. The van der Waals surface area contributed by atoms with Gasteiger partial charge in [0.1, 0.15) is 5.82 Å². The Balaban J connectivity index is 1.63. The van der Waals surface area contributed by atoms with E-state index in [-0.39, 0.29) is 0 Å². The molecule has 0 bridgehead atoms. The van der Waals surface area contributed by atoms with E-state index in [1.165, 1.54) is 22.4 Å². The maximum Gasteiger partial charge on any atom is 0.128 e. The van der Waals surface area contributed by atoms with E-state index in [2.05, 4.69) is 91.5 Å². The average molecular weight is 419 g/mol. The minimum absolute atomic E-state index is 0.907. The van der Waals surface area contributed by atoms with Gasteiger partial charge in [-0.2, -0.15) is 0 Å². The van der Waals surface area contributed by atoms with Crippen LogP contribution < -0.4 is 10.2 Å². The molecular formula is C27H38N4. The number of rotatable bonds is 9. The number of allylic oxidation sites excluding steroid dienone is 2. The molecule has 1 fully saturated rings. The molecule has 1 aromatic carbocycles. The molecule has 0 unspecified atom stereocenters. The monoisotopic (exact) mass is 418 g/mol. The molecule has 1 N–H and O–H groups in total. The molecule has 166 valence electrons. The van der Waals surface area contributed by atoms with Gasteiger partial charge in [0.2, 0.25) is 0 Å². The number of benzene rings is 1. The van der Waals surface area contributed by atoms with Gasteiger partial charge < -0.3 is 15.1 Å². The van der Waals surface area contributed by atoms with Crippen molar-refractivity contribution in [3.63, 3.8) is 0 Å². The SMILES string of the molecule is C/C=C(/CCN/C(=C/CC)c1ccc(N2CCN(C)CC2)nc1)c1ccccc1CC. The molecule has 2 heterocycles. The fourth-order valence-corrected chi connectivity index (χ4v) is 4.17. The summed E-state index contributed by atoms with van der Waals surface area (Å²) >= 11 is 0. The van der Waals surface area contributed by atoms with Crippen LogP contribution >= 0.6 is 0 Å². The summed E-state index contributed by atoms with van der Waals surface area (Å²) in [6, 6.07) is 13.1. The van der Waals surface area contributed by atoms with Crippen molar-refractivity contribution < 1.29 is 0 Å². The minimum atomic E-state index is 0.907. The topological polar surface area (TPSA) is 31.4 Å². The van der Waals surface area contributed by atoms with Gasteiger partial charge in [-0.25, -0.2) is 4.98 Å². The molecule has 0 aliphatic carbocycles. The lowest BCUT2D eigenvalue weighted by Crippen LogP contribution is -2.44. The van der Waals surface area contributed by atoms with E-state index in [4.69, 9.17) is 4.98 Å². The van der Waals surface area contributed by atoms with Crippen LogP contribution in [-0.2, 0) is 6.42 Å². The van der Waals surface area contributed by atoms with E-state index in [0.29, 0.717) is 0 Å². The molecule has 1 aliphatic heterocycles. The normalized spacial score (nSPS) is 15.9. The van der Waals surface area contributed by atoms with Crippen LogP contribution in [0.1, 0.15) is 50.3 Å². The Bertz CT molecular complexity index is 874. The standard InChI is InChI=1S/C27H38N4/c1-5-10-26(24-13-14-27(29-21-24)31-19-17-30(4)18-20-31)28-16-15-23(7-3)25-12-9-8-11-22(25)6-2/h7-14,21,28H,5-6,15-20H2,1-4H3/b23-7-,26-10+. The summed E-state index contributed by atoms with van der Waals surface area (Å²) in [7, 11) is 2.18. The second-order valence-electron chi connectivity index (χ2n) is 8.22. The van der Waals surface area contributed by atoms with Gasteiger partial charge in [-0.15, -0.1) is 0 Å². The van der Waals surface area contributed by atoms with Crippen molar-refractivity contribution in [2.24, 2.45) is 0 Å². The van der Waals surface area contributed by atoms with Crippen LogP contribution in [-0.4, -0.2) is 49.7 Å². The molecule has 1 saturated heterocycles. The Hall–Kier alpha value is -2.59. The molecule has 0 atom stereocenters. The maximum atomic E-state index is 4.78. The van der Waals surface area contributed by atoms with Gasteiger partial charge in [-0.1, -0.05) is 50.3 Å². The van der Waals surface area contributed by atoms with E-state index in [0.717, 1.165) is 63.4 Å². The van der Waals surface area contributed by atoms with Crippen molar-refractivity contribution in [2.45, 2.75) is 40.0 Å². The van der Waals surface area contributed by atoms with Gasteiger partial charge in [0.15, 0.2) is 0 Å². The van der Waals surface area contributed by atoms with Crippen LogP contribution in [0.25, 0.3) is 11.3 Å². The Kier molecular flexibility index (Phi) is 8.72. The Morgan fingerprint density at radius 2 is 1.84 bits per heavy atom. The van der Waals surface area contributed by atoms with Gasteiger partial charge in [-0.05, 0) is 62.1 Å². The third-order valence-electron chi connectivity index (χ3n) is 6.10. The number of nitrogens with zero attached hydrogens (tertiary/aromatic N) is 3. The van der Waals surface area contributed by atoms with E-state index < -0.39 is 0 Å². The number of hydrogen-bond acceptors (Lipinski definition) is 4. The molecule has 3 rings (SSSR count). The van der Waals surface area contributed by atoms with Crippen LogP contribution in [0.2, 0.25) is 0 Å². The second kappa shape index (κ2) is 11.7. The van der Waals surface area contributed by atoms with Crippen molar-refractivity contribution in [1.29, 1.82) is 0 Å². The number of hydrogen-bond donors (Lipinski definition) is 1. The first-order chi connectivity index (χ1) is 15.2. The summed E-state index contributed by atoms with van der Waals surface area (Å²) in [5.41, 5.74) is 6.55. The highest BCUT2D eigenvalue weighted by Crippen LogP contribution is 2.23. The summed E-state index contributed by atoms with van der Waals surface area (Å²) in [5, 5.41) is 3.67. The van der Waals surface area contributed by atoms with Crippen molar-refractivity contribution in [3.05, 3.63) is 71.4 Å². The number of likely N-dealkylation sites (N-methyl/N-ethyl adjacent to an activating group) is 1. The molecular weight excluding hydrogens is 380 g/mol. The highest BCUT2D eigenvalue weighted by molar-refractivity contribution is 5.69. The molecule has 31 heavy (non-hydrogen) atoms. The minimum Gasteiger partial charge on any atom is -0.384 e. The maximum absolute atomic E-state index is 4.78. The molecule has 0 saturated carbocycles. The molecule has 0 spiro atoms. The van der Waals surface area contributed by atoms with Crippen LogP contribution in [0.5, 0.6) is 0 Å². The summed E-state index contributed by atoms with van der Waals surface area (Å²) in [6.45, 7) is 11.7. The number of anilines is 1. The zero-order chi connectivity index (χ0) is 22.1. The average Bonchev–Trinajstić information content (AvgIpc) is 2.82. The van der Waals surface area contributed by atoms with Crippen LogP contribution in [0.4, 0.5) is 5.82 Å². The van der Waals surface area contributed by atoms with E-state index in [9.17, 15) is 0 Å². The van der Waals surface area contributed by atoms with Gasteiger partial charge >= 0.3 is 0 Å². The zero-order valence-corrected chi connectivity index (χ0v) is 19.7. The number of aromatic nitrogens is 1. The third kappa shape index (κ3) is 6.20. The number of aryl methyl sites for hydroxylation is 1. The summed E-state index contributed by atoms with van der Waals surface area (Å²) in [4.78, 5) is 9.52. The second-order valence-corrected chi connectivity index (χ2v) is 8.22. The quantitative estimate of drug-likeness (QED) is 0.604. The summed E-state index contributed by atoms with van der Waals surface area (Å²) in [5.74, 6) is 1.08. The number of pyridine rings is 1. The Labute approximate surface area is 188 Å². The van der Waals surface area contributed by atoms with Crippen LogP contribution in [0.3, 0.4) is 0 Å². The Morgan fingerprint density at radius 1 is 1.06 bits per heavy atom. The van der Waals surface area contributed by atoms with Crippen molar-refractivity contribution in [1.82, 2.24) is 15.2 Å². The van der Waals surface area contributed by atoms with Crippen molar-refractivity contribution >= 4 is 17.1 Å². The van der Waals surface area contributed by atoms with Crippen LogP contribution in [0, 0.1) is 0 Å². The smallest absolute Gasteiger partial charge is 0.128 e. The van der Waals surface area contributed by atoms with Gasteiger partial charge in [0.25, 0.3) is 0 Å². The number of nitrogens with one attached hydrogen (secondary N) is 1. The molecule has 4 nitrogen and oxygen atoms in total.